The second-order valence-corrected chi connectivity index (χ2v) is 9.55. The zero-order chi connectivity index (χ0) is 23.5. The highest BCUT2D eigenvalue weighted by Crippen LogP contribution is 2.30. The summed E-state index contributed by atoms with van der Waals surface area (Å²) in [4.78, 5) is 30.6. The van der Waals surface area contributed by atoms with Gasteiger partial charge >= 0.3 is 0 Å². The van der Waals surface area contributed by atoms with Gasteiger partial charge in [-0.05, 0) is 43.9 Å². The van der Waals surface area contributed by atoms with Crippen LogP contribution in [0.15, 0.2) is 64.5 Å². The number of para-hydroxylation sites is 1. The minimum Gasteiger partial charge on any atom is -0.351 e. The number of aryl methyl sites for hydroxylation is 1. The number of nitrogens with one attached hydrogen (secondary N) is 1. The van der Waals surface area contributed by atoms with Crippen molar-refractivity contribution in [3.63, 3.8) is 0 Å². The molecule has 0 fully saturated rings. The van der Waals surface area contributed by atoms with Crippen molar-refractivity contribution in [1.29, 1.82) is 0 Å². The van der Waals surface area contributed by atoms with Gasteiger partial charge in [0.2, 0.25) is 5.91 Å². The maximum Gasteiger partial charge on any atom is 0.284 e. The molecule has 174 valence electrons. The van der Waals surface area contributed by atoms with Gasteiger partial charge in [0.1, 0.15) is 5.56 Å². The van der Waals surface area contributed by atoms with Gasteiger partial charge in [-0.1, -0.05) is 66.2 Å². The zero-order valence-corrected chi connectivity index (χ0v) is 20.0. The lowest BCUT2D eigenvalue weighted by Gasteiger charge is -2.17. The fraction of sp³-hybridized carbons (Fsp3) is 0.308. The number of hydrogen-bond acceptors (Lipinski definition) is 5. The summed E-state index contributed by atoms with van der Waals surface area (Å²) in [6, 6.07) is 17.6. The van der Waals surface area contributed by atoms with Crippen molar-refractivity contribution < 1.29 is 4.79 Å². The van der Waals surface area contributed by atoms with Crippen molar-refractivity contribution in [2.45, 2.75) is 50.9 Å². The summed E-state index contributed by atoms with van der Waals surface area (Å²) in [5, 5.41) is 8.29. The van der Waals surface area contributed by atoms with E-state index in [0.29, 0.717) is 17.9 Å². The van der Waals surface area contributed by atoms with E-state index in [4.69, 9.17) is 4.98 Å². The topological polar surface area (TPSA) is 81.8 Å². The summed E-state index contributed by atoms with van der Waals surface area (Å²) in [5.74, 6) is 0.660. The van der Waals surface area contributed by atoms with Gasteiger partial charge in [0.15, 0.2) is 11.0 Å². The number of hydrogen-bond donors (Lipinski definition) is 1. The quantitative estimate of drug-likeness (QED) is 0.338. The Morgan fingerprint density at radius 2 is 1.85 bits per heavy atom. The molecule has 0 atom stereocenters. The lowest BCUT2D eigenvalue weighted by atomic mass is 10.1. The molecule has 0 spiro atoms. The Balaban J connectivity index is 1.41. The number of aromatic nitrogens is 4. The lowest BCUT2D eigenvalue weighted by molar-refractivity contribution is -0.118. The minimum absolute atomic E-state index is 0.0465. The summed E-state index contributed by atoms with van der Waals surface area (Å²) < 4.78 is 3.57. The van der Waals surface area contributed by atoms with Crippen molar-refractivity contribution in [2.75, 3.05) is 5.75 Å². The van der Waals surface area contributed by atoms with E-state index in [1.54, 1.807) is 0 Å². The predicted molar refractivity (Wildman–Crippen MR) is 134 cm³/mol. The first-order valence-electron chi connectivity index (χ1n) is 11.6. The highest BCUT2D eigenvalue weighted by Gasteiger charge is 2.27. The molecular formula is C26H27N5O2S. The van der Waals surface area contributed by atoms with Crippen LogP contribution in [0.25, 0.3) is 17.1 Å². The third kappa shape index (κ3) is 4.63. The van der Waals surface area contributed by atoms with Crippen LogP contribution in [-0.4, -0.2) is 31.0 Å². The molecule has 2 aromatic carbocycles. The van der Waals surface area contributed by atoms with Gasteiger partial charge in [-0.15, -0.1) is 5.10 Å². The van der Waals surface area contributed by atoms with Gasteiger partial charge in [-0.25, -0.2) is 4.98 Å². The third-order valence-electron chi connectivity index (χ3n) is 6.11. The molecular weight excluding hydrogens is 446 g/mol. The lowest BCUT2D eigenvalue weighted by Crippen LogP contribution is -2.25. The van der Waals surface area contributed by atoms with Crippen LogP contribution in [0.1, 0.15) is 36.1 Å². The fourth-order valence-corrected chi connectivity index (χ4v) is 5.17. The second kappa shape index (κ2) is 9.85. The maximum atomic E-state index is 13.3. The molecule has 0 unspecified atom stereocenters. The molecule has 3 aliphatic heterocycles. The van der Waals surface area contributed by atoms with E-state index in [1.165, 1.54) is 22.0 Å². The standard InChI is InChI=1S/C26H27N5O2S/c1-18-11-13-19(14-12-18)16-27-22(32)17-34-26-28-24-23(21-10-6-3-7-15-30(21)26)25(33)31(29-24)20-8-4-2-5-9-20/h2,4-5,8-9,11-14H,3,6-7,10,15-17H2,1H3,(H,27,32). The number of nitrogens with zero attached hydrogens (tertiary/aromatic N) is 4. The average Bonchev–Trinajstić information content (AvgIpc) is 3.02. The molecule has 1 N–H and O–H groups in total. The molecule has 3 aliphatic rings. The Labute approximate surface area is 202 Å². The van der Waals surface area contributed by atoms with Crippen molar-refractivity contribution in [1.82, 2.24) is 24.6 Å². The van der Waals surface area contributed by atoms with Crippen LogP contribution in [0.4, 0.5) is 0 Å². The van der Waals surface area contributed by atoms with Gasteiger partial charge < -0.3 is 9.88 Å². The first-order valence-corrected chi connectivity index (χ1v) is 12.6. The molecule has 3 heterocycles. The summed E-state index contributed by atoms with van der Waals surface area (Å²) in [6.45, 7) is 3.34. The minimum atomic E-state index is -0.133. The predicted octanol–water partition coefficient (Wildman–Crippen LogP) is 3.98. The third-order valence-corrected chi connectivity index (χ3v) is 7.09. The van der Waals surface area contributed by atoms with E-state index in [-0.39, 0.29) is 17.2 Å². The molecule has 0 bridgehead atoms. The monoisotopic (exact) mass is 473 g/mol. The molecule has 0 radical (unpaired) electrons. The molecule has 5 rings (SSSR count). The van der Waals surface area contributed by atoms with E-state index in [9.17, 15) is 9.59 Å². The number of rotatable bonds is 6. The van der Waals surface area contributed by atoms with Crippen molar-refractivity contribution >= 4 is 17.7 Å². The molecule has 1 amide bonds. The van der Waals surface area contributed by atoms with Gasteiger partial charge in [0.05, 0.1) is 11.4 Å². The number of thioether (sulfide) groups is 1. The molecule has 2 aromatic rings. The SMILES string of the molecule is Cc1ccc(CNC(=O)CSc2nc3nn(-c4ccccc4)c(=O)c-3c3n2CCCCC3)cc1. The Morgan fingerprint density at radius 1 is 1.06 bits per heavy atom. The Hall–Kier alpha value is -3.39. The molecule has 0 saturated heterocycles. The van der Waals surface area contributed by atoms with Crippen LogP contribution in [0.3, 0.4) is 0 Å². The highest BCUT2D eigenvalue weighted by atomic mass is 32.2. The Kier molecular flexibility index (Phi) is 6.49. The van der Waals surface area contributed by atoms with Crippen molar-refractivity contribution in [2.24, 2.45) is 0 Å². The largest absolute Gasteiger partial charge is 0.351 e. The molecule has 34 heavy (non-hydrogen) atoms. The maximum absolute atomic E-state index is 13.3. The van der Waals surface area contributed by atoms with E-state index < -0.39 is 0 Å². The Morgan fingerprint density at radius 3 is 2.65 bits per heavy atom. The first-order chi connectivity index (χ1) is 16.6. The number of fused-ring (bicyclic) bond motifs is 3. The molecule has 0 saturated carbocycles. The average molecular weight is 474 g/mol. The second-order valence-electron chi connectivity index (χ2n) is 8.61. The fourth-order valence-electron chi connectivity index (χ4n) is 4.30. The molecule has 0 aliphatic carbocycles. The van der Waals surface area contributed by atoms with Crippen LogP contribution in [0.2, 0.25) is 0 Å². The van der Waals surface area contributed by atoms with Crippen molar-refractivity contribution in [3.05, 3.63) is 81.8 Å². The summed E-state index contributed by atoms with van der Waals surface area (Å²) in [7, 11) is 0. The summed E-state index contributed by atoms with van der Waals surface area (Å²) in [6.07, 6.45) is 3.96. The van der Waals surface area contributed by atoms with Crippen molar-refractivity contribution in [3.8, 4) is 17.1 Å². The smallest absolute Gasteiger partial charge is 0.284 e. The van der Waals surface area contributed by atoms with E-state index in [0.717, 1.165) is 54.3 Å². The van der Waals surface area contributed by atoms with E-state index >= 15 is 0 Å². The van der Waals surface area contributed by atoms with E-state index in [1.807, 2.05) is 61.5 Å². The first kappa shape index (κ1) is 22.4. The van der Waals surface area contributed by atoms with Crippen LogP contribution >= 0.6 is 11.8 Å². The zero-order valence-electron chi connectivity index (χ0n) is 19.2. The van der Waals surface area contributed by atoms with Crippen LogP contribution in [0, 0.1) is 6.92 Å². The number of amides is 1. The number of benzene rings is 2. The van der Waals surface area contributed by atoms with E-state index in [2.05, 4.69) is 15.0 Å². The normalized spacial score (nSPS) is 13.4. The van der Waals surface area contributed by atoms with Crippen LogP contribution in [-0.2, 0) is 24.3 Å². The molecule has 8 heteroatoms. The van der Waals surface area contributed by atoms with Gasteiger partial charge in [0, 0.05) is 18.8 Å². The number of carbonyl (C=O) groups is 1. The molecule has 7 nitrogen and oxygen atoms in total. The number of carbonyl (C=O) groups excluding carboxylic acids is 1. The highest BCUT2D eigenvalue weighted by molar-refractivity contribution is 7.99. The molecule has 0 aromatic heterocycles. The summed E-state index contributed by atoms with van der Waals surface area (Å²) in [5.41, 5.74) is 4.44. The van der Waals surface area contributed by atoms with Gasteiger partial charge in [0.25, 0.3) is 5.56 Å². The van der Waals surface area contributed by atoms with Crippen LogP contribution in [0.5, 0.6) is 0 Å². The van der Waals surface area contributed by atoms with Crippen LogP contribution < -0.4 is 10.9 Å². The summed E-state index contributed by atoms with van der Waals surface area (Å²) >= 11 is 1.40. The Bertz CT molecular complexity index is 1330. The van der Waals surface area contributed by atoms with Gasteiger partial charge in [-0.3, -0.25) is 9.59 Å². The van der Waals surface area contributed by atoms with Gasteiger partial charge in [-0.2, -0.15) is 4.68 Å².